The lowest BCUT2D eigenvalue weighted by Crippen LogP contribution is -2.25. The van der Waals surface area contributed by atoms with Crippen molar-refractivity contribution in [3.8, 4) is 11.1 Å². The first-order chi connectivity index (χ1) is 19.3. The lowest BCUT2D eigenvalue weighted by Gasteiger charge is -2.22. The lowest BCUT2D eigenvalue weighted by atomic mass is 9.94. The number of hydrogen-bond acceptors (Lipinski definition) is 8. The van der Waals surface area contributed by atoms with Crippen LogP contribution in [0.5, 0.6) is 0 Å². The summed E-state index contributed by atoms with van der Waals surface area (Å²) in [7, 11) is -1.53. The summed E-state index contributed by atoms with van der Waals surface area (Å²) >= 11 is 1.52. The van der Waals surface area contributed by atoms with E-state index in [9.17, 15) is 23.1 Å². The van der Waals surface area contributed by atoms with Gasteiger partial charge in [0.1, 0.15) is 5.69 Å². The number of aliphatic hydroxyl groups is 1. The Hall–Kier alpha value is -3.74. The van der Waals surface area contributed by atoms with Gasteiger partial charge in [0.25, 0.3) is 11.5 Å². The minimum Gasteiger partial charge on any atom is -0.392 e. The Bertz CT molecular complexity index is 1880. The highest BCUT2D eigenvalue weighted by atomic mass is 32.2. The molecule has 2 aliphatic heterocycles. The van der Waals surface area contributed by atoms with Gasteiger partial charge in [0.05, 0.1) is 47.5 Å². The molecule has 0 unspecified atom stereocenters. The number of sulfone groups is 1. The van der Waals surface area contributed by atoms with Gasteiger partial charge in [-0.25, -0.2) is 8.42 Å². The van der Waals surface area contributed by atoms with E-state index in [1.807, 2.05) is 18.2 Å². The van der Waals surface area contributed by atoms with Crippen LogP contribution < -0.4 is 15.8 Å². The lowest BCUT2D eigenvalue weighted by molar-refractivity contribution is 0.0999. The molecule has 0 saturated carbocycles. The normalized spacial score (nSPS) is 16.1. The Morgan fingerprint density at radius 2 is 1.93 bits per heavy atom. The molecule has 6 rings (SSSR count). The first-order valence-corrected chi connectivity index (χ1v) is 15.9. The number of aromatic nitrogens is 3. The molecule has 3 aromatic heterocycles. The zero-order valence-electron chi connectivity index (χ0n) is 23.3. The Morgan fingerprint density at radius 3 is 2.63 bits per heavy atom. The molecule has 41 heavy (non-hydrogen) atoms. The fraction of sp³-hybridized carbons (Fsp3) is 0.345. The molecular formula is C29H31N5O5S2. The number of aliphatic hydroxyl groups excluding tert-OH is 1. The first-order valence-electron chi connectivity index (χ1n) is 13.3. The second-order valence-electron chi connectivity index (χ2n) is 11.6. The Morgan fingerprint density at radius 1 is 1.15 bits per heavy atom. The first kappa shape index (κ1) is 27.4. The van der Waals surface area contributed by atoms with Gasteiger partial charge in [0.15, 0.2) is 15.7 Å². The summed E-state index contributed by atoms with van der Waals surface area (Å²) < 4.78 is 27.1. The van der Waals surface area contributed by atoms with Gasteiger partial charge < -0.3 is 19.9 Å². The van der Waals surface area contributed by atoms with Crippen LogP contribution in [0, 0.1) is 0 Å². The molecule has 0 radical (unpaired) electrons. The van der Waals surface area contributed by atoms with Gasteiger partial charge in [-0.2, -0.15) is 5.10 Å². The number of nitrogens with zero attached hydrogens (tertiary/aromatic N) is 4. The van der Waals surface area contributed by atoms with Crippen LogP contribution in [0.25, 0.3) is 11.1 Å². The Labute approximate surface area is 241 Å². The molecule has 10 nitrogen and oxygen atoms in total. The van der Waals surface area contributed by atoms with Gasteiger partial charge >= 0.3 is 0 Å². The van der Waals surface area contributed by atoms with Crippen molar-refractivity contribution in [1.82, 2.24) is 14.3 Å². The van der Waals surface area contributed by atoms with Crippen molar-refractivity contribution < 1.29 is 18.3 Å². The quantitative estimate of drug-likeness (QED) is 0.359. The molecule has 2 aliphatic rings. The van der Waals surface area contributed by atoms with Crippen LogP contribution in [0.2, 0.25) is 0 Å². The van der Waals surface area contributed by atoms with E-state index in [1.165, 1.54) is 15.9 Å². The van der Waals surface area contributed by atoms with Gasteiger partial charge in [0.2, 0.25) is 0 Å². The van der Waals surface area contributed by atoms with E-state index in [0.717, 1.165) is 15.3 Å². The van der Waals surface area contributed by atoms with E-state index in [2.05, 4.69) is 37.3 Å². The van der Waals surface area contributed by atoms with Crippen LogP contribution in [0.1, 0.15) is 52.1 Å². The molecular weight excluding hydrogens is 562 g/mol. The van der Waals surface area contributed by atoms with Crippen LogP contribution in [0.4, 0.5) is 17.2 Å². The van der Waals surface area contributed by atoms with E-state index in [-0.39, 0.29) is 47.2 Å². The summed E-state index contributed by atoms with van der Waals surface area (Å²) in [5, 5.41) is 18.0. The van der Waals surface area contributed by atoms with E-state index < -0.39 is 9.84 Å². The van der Waals surface area contributed by atoms with Crippen LogP contribution >= 0.6 is 11.3 Å². The van der Waals surface area contributed by atoms with Gasteiger partial charge in [-0.3, -0.25) is 14.3 Å². The van der Waals surface area contributed by atoms with Gasteiger partial charge in [0, 0.05) is 35.3 Å². The van der Waals surface area contributed by atoms with Gasteiger partial charge in [-0.05, 0) is 34.7 Å². The van der Waals surface area contributed by atoms with Crippen molar-refractivity contribution in [3.63, 3.8) is 0 Å². The summed E-state index contributed by atoms with van der Waals surface area (Å²) in [6.07, 6.45) is 1.69. The molecule has 0 aliphatic carbocycles. The predicted octanol–water partition coefficient (Wildman–Crippen LogP) is 3.93. The number of pyridine rings is 1. The summed E-state index contributed by atoms with van der Waals surface area (Å²) in [6, 6.07) is 11.0. The van der Waals surface area contributed by atoms with E-state index in [0.29, 0.717) is 40.4 Å². The minimum absolute atomic E-state index is 0.0312. The number of amides is 1. The van der Waals surface area contributed by atoms with Crippen molar-refractivity contribution in [3.05, 3.63) is 79.5 Å². The third-order valence-electron chi connectivity index (χ3n) is 7.52. The number of fused-ring (bicyclic) bond motifs is 2. The molecule has 0 fully saturated rings. The highest BCUT2D eigenvalue weighted by Crippen LogP contribution is 2.41. The van der Waals surface area contributed by atoms with Crippen molar-refractivity contribution in [2.24, 2.45) is 7.05 Å². The number of aryl methyl sites for hydroxylation is 2. The number of hydrogen-bond donors (Lipinski definition) is 2. The summed E-state index contributed by atoms with van der Waals surface area (Å²) in [4.78, 5) is 30.1. The number of carbonyl (C=O) groups is 1. The highest BCUT2D eigenvalue weighted by molar-refractivity contribution is 7.90. The average molecular weight is 594 g/mol. The van der Waals surface area contributed by atoms with Crippen LogP contribution in [0.15, 0.2) is 47.4 Å². The second kappa shape index (κ2) is 9.68. The van der Waals surface area contributed by atoms with Crippen molar-refractivity contribution in [2.75, 3.05) is 16.0 Å². The average Bonchev–Trinajstić information content (AvgIpc) is 3.59. The maximum Gasteiger partial charge on any atom is 0.274 e. The van der Waals surface area contributed by atoms with E-state index in [4.69, 9.17) is 0 Å². The molecule has 0 spiro atoms. The second-order valence-corrected chi connectivity index (χ2v) is 14.8. The Kier molecular flexibility index (Phi) is 6.47. The molecule has 2 N–H and O–H groups in total. The summed E-state index contributed by atoms with van der Waals surface area (Å²) in [6.45, 7) is 6.78. The van der Waals surface area contributed by atoms with E-state index in [1.54, 1.807) is 35.0 Å². The molecule has 1 amide bonds. The molecule has 4 aromatic rings. The number of thiophene rings is 1. The highest BCUT2D eigenvalue weighted by Gasteiger charge is 2.34. The molecule has 0 saturated heterocycles. The predicted molar refractivity (Wildman–Crippen MR) is 160 cm³/mol. The number of carbonyl (C=O) groups excluding carboxylic acids is 1. The largest absolute Gasteiger partial charge is 0.392 e. The van der Waals surface area contributed by atoms with Gasteiger partial charge in [-0.15, -0.1) is 11.3 Å². The van der Waals surface area contributed by atoms with Crippen molar-refractivity contribution in [2.45, 2.75) is 51.6 Å². The monoisotopic (exact) mass is 593 g/mol. The molecule has 12 heteroatoms. The standard InChI is InChI=1S/C29H31N5O5S2/c1-29(2,3)24-11-18-14-33(28(37)26(18)40-24)23-7-5-6-20(21(23)15-35)17-10-22(27(36)32(4)13-17)30-25-12-19-16-41(38,39)9-8-34(19)31-25/h5-7,10-13,35H,8-9,14-16H2,1-4H3,(H,30,31). The Balaban J connectivity index is 1.35. The number of anilines is 3. The number of benzene rings is 1. The third kappa shape index (κ3) is 4.89. The fourth-order valence-electron chi connectivity index (χ4n) is 5.36. The fourth-order valence-corrected chi connectivity index (χ4v) is 7.81. The number of rotatable bonds is 5. The smallest absolute Gasteiger partial charge is 0.274 e. The molecule has 1 aromatic carbocycles. The van der Waals surface area contributed by atoms with Gasteiger partial charge in [-0.1, -0.05) is 32.9 Å². The summed E-state index contributed by atoms with van der Waals surface area (Å²) in [5.41, 5.74) is 4.05. The zero-order valence-corrected chi connectivity index (χ0v) is 24.9. The maximum atomic E-state index is 13.5. The number of nitrogens with one attached hydrogen (secondary N) is 1. The third-order valence-corrected chi connectivity index (χ3v) is 10.6. The minimum atomic E-state index is -3.16. The topological polar surface area (TPSA) is 127 Å². The molecule has 5 heterocycles. The summed E-state index contributed by atoms with van der Waals surface area (Å²) in [5.74, 6) is 0.238. The molecule has 214 valence electrons. The van der Waals surface area contributed by atoms with Crippen molar-refractivity contribution in [1.29, 1.82) is 0 Å². The maximum absolute atomic E-state index is 13.5. The molecule has 0 atom stereocenters. The van der Waals surface area contributed by atoms with Crippen LogP contribution in [-0.2, 0) is 47.7 Å². The van der Waals surface area contributed by atoms with E-state index >= 15 is 0 Å². The zero-order chi connectivity index (χ0) is 29.3. The van der Waals surface area contributed by atoms with Crippen molar-refractivity contribution >= 4 is 44.3 Å². The van der Waals surface area contributed by atoms with Crippen LogP contribution in [0.3, 0.4) is 0 Å². The SMILES string of the molecule is Cn1cc(-c2cccc(N3Cc4cc(C(C)(C)C)sc4C3=O)c2CO)cc(Nc2cc3n(n2)CCS(=O)(=O)C3)c1=O. The van der Waals surface area contributed by atoms with Crippen LogP contribution in [-0.4, -0.2) is 39.5 Å². The molecule has 0 bridgehead atoms.